The van der Waals surface area contributed by atoms with Crippen LogP contribution in [-0.2, 0) is 21.2 Å². The van der Waals surface area contributed by atoms with Gasteiger partial charge in [-0.05, 0) is 54.6 Å². The van der Waals surface area contributed by atoms with E-state index >= 15 is 0 Å². The second-order valence-corrected chi connectivity index (χ2v) is 14.6. The summed E-state index contributed by atoms with van der Waals surface area (Å²) >= 11 is 3.69. The zero-order valence-corrected chi connectivity index (χ0v) is 18.7. The first-order valence-electron chi connectivity index (χ1n) is 9.31. The molecule has 138 valence electrons. The molecule has 0 radical (unpaired) electrons. The summed E-state index contributed by atoms with van der Waals surface area (Å²) in [6.45, 7) is 12.7. The van der Waals surface area contributed by atoms with Crippen LogP contribution in [0.3, 0.4) is 0 Å². The molecule has 1 saturated heterocycles. The normalized spacial score (nSPS) is 23.6. The molecular weight excluding hydrogens is 394 g/mol. The van der Waals surface area contributed by atoms with E-state index in [1.54, 1.807) is 0 Å². The minimum absolute atomic E-state index is 0.104. The zero-order valence-electron chi connectivity index (χ0n) is 16.1. The number of carbonyl (C=O) groups is 1. The van der Waals surface area contributed by atoms with Crippen molar-refractivity contribution in [3.63, 3.8) is 0 Å². The number of carbonyl (C=O) groups excluding carboxylic acids is 1. The summed E-state index contributed by atoms with van der Waals surface area (Å²) in [5, 5.41) is 0.199. The number of rotatable bonds is 4. The third kappa shape index (κ3) is 3.24. The van der Waals surface area contributed by atoms with Gasteiger partial charge in [0.15, 0.2) is 8.32 Å². The third-order valence-corrected chi connectivity index (χ3v) is 11.8. The van der Waals surface area contributed by atoms with Crippen LogP contribution < -0.4 is 0 Å². The second-order valence-electron chi connectivity index (χ2n) is 8.95. The van der Waals surface area contributed by atoms with E-state index < -0.39 is 8.32 Å². The van der Waals surface area contributed by atoms with Crippen molar-refractivity contribution in [3.05, 3.63) is 33.8 Å². The van der Waals surface area contributed by atoms with Gasteiger partial charge in [0, 0.05) is 17.4 Å². The Labute approximate surface area is 161 Å². The highest BCUT2D eigenvalue weighted by molar-refractivity contribution is 9.10. The van der Waals surface area contributed by atoms with Crippen LogP contribution in [0.1, 0.15) is 51.2 Å². The van der Waals surface area contributed by atoms with Gasteiger partial charge < -0.3 is 9.33 Å². The molecular formula is C20H30BrNO2Si. The van der Waals surface area contributed by atoms with Crippen molar-refractivity contribution in [2.24, 2.45) is 0 Å². The monoisotopic (exact) mass is 423 g/mol. The van der Waals surface area contributed by atoms with Crippen LogP contribution in [0.4, 0.5) is 0 Å². The minimum Gasteiger partial charge on any atom is -0.415 e. The summed E-state index contributed by atoms with van der Waals surface area (Å²) in [7, 11) is -1.78. The Morgan fingerprint density at radius 1 is 1.24 bits per heavy atom. The molecule has 1 aromatic rings. The second kappa shape index (κ2) is 6.50. The Kier molecular flexibility index (Phi) is 4.97. The Bertz CT molecular complexity index is 683. The Morgan fingerprint density at radius 2 is 1.92 bits per heavy atom. The van der Waals surface area contributed by atoms with Gasteiger partial charge in [0.2, 0.25) is 5.91 Å². The Balaban J connectivity index is 1.78. The Morgan fingerprint density at radius 3 is 2.60 bits per heavy atom. The average molecular weight is 424 g/mol. The number of halogens is 1. The molecule has 1 amide bonds. The highest BCUT2D eigenvalue weighted by Crippen LogP contribution is 2.50. The molecule has 1 heterocycles. The minimum atomic E-state index is -1.78. The molecule has 0 N–H and O–H groups in total. The number of fused-ring (bicyclic) bond motifs is 2. The SMILES string of the molecule is CC(C)(C)[Si](C)(C)OCCN1C(=O)CCC12CCc1c(Br)cccc12. The molecule has 25 heavy (non-hydrogen) atoms. The van der Waals surface area contributed by atoms with Crippen molar-refractivity contribution < 1.29 is 9.22 Å². The van der Waals surface area contributed by atoms with Gasteiger partial charge in [-0.25, -0.2) is 0 Å². The van der Waals surface area contributed by atoms with Crippen LogP contribution in [0.5, 0.6) is 0 Å². The number of hydrogen-bond donors (Lipinski definition) is 0. The van der Waals surface area contributed by atoms with Gasteiger partial charge >= 0.3 is 0 Å². The van der Waals surface area contributed by atoms with E-state index in [0.717, 1.165) is 19.3 Å². The first kappa shape index (κ1) is 19.1. The molecule has 0 saturated carbocycles. The lowest BCUT2D eigenvalue weighted by molar-refractivity contribution is -0.132. The molecule has 1 aliphatic carbocycles. The van der Waals surface area contributed by atoms with Crippen LogP contribution in [0.2, 0.25) is 18.1 Å². The lowest BCUT2D eigenvalue weighted by atomic mass is 9.89. The van der Waals surface area contributed by atoms with E-state index in [1.165, 1.54) is 15.6 Å². The molecule has 1 spiro atoms. The predicted octanol–water partition coefficient (Wildman–Crippen LogP) is 5.23. The molecule has 3 nitrogen and oxygen atoms in total. The molecule has 1 aromatic carbocycles. The van der Waals surface area contributed by atoms with E-state index in [1.807, 2.05) is 0 Å². The fourth-order valence-electron chi connectivity index (χ4n) is 4.02. The third-order valence-electron chi connectivity index (χ3n) is 6.56. The zero-order chi connectivity index (χ0) is 18.5. The summed E-state index contributed by atoms with van der Waals surface area (Å²) in [5.41, 5.74) is 2.63. The van der Waals surface area contributed by atoms with Crippen LogP contribution >= 0.6 is 15.9 Å². The van der Waals surface area contributed by atoms with Gasteiger partial charge in [-0.15, -0.1) is 0 Å². The van der Waals surface area contributed by atoms with Crippen LogP contribution in [0.15, 0.2) is 22.7 Å². The summed E-state index contributed by atoms with van der Waals surface area (Å²) in [6, 6.07) is 6.43. The summed E-state index contributed by atoms with van der Waals surface area (Å²) < 4.78 is 7.53. The number of likely N-dealkylation sites (tertiary alicyclic amines) is 1. The first-order valence-corrected chi connectivity index (χ1v) is 13.0. The molecule has 1 aliphatic heterocycles. The molecule has 3 rings (SSSR count). The molecule has 5 heteroatoms. The molecule has 0 aromatic heterocycles. The number of nitrogens with zero attached hydrogens (tertiary/aromatic N) is 1. The highest BCUT2D eigenvalue weighted by Gasteiger charge is 2.50. The molecule has 1 atom stereocenters. The average Bonchev–Trinajstić information content (AvgIpc) is 3.03. The van der Waals surface area contributed by atoms with Gasteiger partial charge in [-0.3, -0.25) is 4.79 Å². The summed E-state index contributed by atoms with van der Waals surface area (Å²) in [6.07, 6.45) is 3.68. The van der Waals surface area contributed by atoms with Crippen molar-refractivity contribution in [1.29, 1.82) is 0 Å². The van der Waals surface area contributed by atoms with Crippen LogP contribution in [-0.4, -0.2) is 32.3 Å². The van der Waals surface area contributed by atoms with E-state index in [4.69, 9.17) is 4.43 Å². The number of amides is 1. The summed E-state index contributed by atoms with van der Waals surface area (Å²) in [5.74, 6) is 0.284. The largest absolute Gasteiger partial charge is 0.415 e. The molecule has 1 unspecified atom stereocenters. The Hall–Kier alpha value is -0.653. The first-order chi connectivity index (χ1) is 11.6. The maximum atomic E-state index is 12.7. The van der Waals surface area contributed by atoms with E-state index in [0.29, 0.717) is 19.6 Å². The van der Waals surface area contributed by atoms with Crippen molar-refractivity contribution >= 4 is 30.2 Å². The molecule has 1 fully saturated rings. The van der Waals surface area contributed by atoms with Gasteiger partial charge in [-0.1, -0.05) is 48.8 Å². The van der Waals surface area contributed by atoms with E-state index in [2.05, 4.69) is 72.9 Å². The predicted molar refractivity (Wildman–Crippen MR) is 108 cm³/mol. The maximum Gasteiger partial charge on any atom is 0.223 e. The topological polar surface area (TPSA) is 29.5 Å². The highest BCUT2D eigenvalue weighted by atomic mass is 79.9. The lowest BCUT2D eigenvalue weighted by Crippen LogP contribution is -2.46. The van der Waals surface area contributed by atoms with Crippen LogP contribution in [0, 0.1) is 0 Å². The summed E-state index contributed by atoms with van der Waals surface area (Å²) in [4.78, 5) is 14.8. The van der Waals surface area contributed by atoms with Gasteiger partial charge in [-0.2, -0.15) is 0 Å². The quantitative estimate of drug-likeness (QED) is 0.619. The van der Waals surface area contributed by atoms with Gasteiger partial charge in [0.25, 0.3) is 0 Å². The standard InChI is InChI=1S/C20H30BrNO2Si/c1-19(2,3)25(4,5)24-14-13-22-18(23)10-12-20(22)11-9-15-16(20)7-6-8-17(15)21/h6-8H,9-14H2,1-5H3. The maximum absolute atomic E-state index is 12.7. The number of hydrogen-bond acceptors (Lipinski definition) is 2. The van der Waals surface area contributed by atoms with Crippen molar-refractivity contribution in [3.8, 4) is 0 Å². The fraction of sp³-hybridized carbons (Fsp3) is 0.650. The fourth-order valence-corrected chi connectivity index (χ4v) is 5.62. The van der Waals surface area contributed by atoms with Crippen molar-refractivity contribution in [1.82, 2.24) is 4.90 Å². The van der Waals surface area contributed by atoms with Crippen LogP contribution in [0.25, 0.3) is 0 Å². The number of benzene rings is 1. The lowest BCUT2D eigenvalue weighted by Gasteiger charge is -2.39. The van der Waals surface area contributed by atoms with Gasteiger partial charge in [0.05, 0.1) is 12.1 Å². The molecule has 2 aliphatic rings. The van der Waals surface area contributed by atoms with Crippen molar-refractivity contribution in [2.75, 3.05) is 13.2 Å². The van der Waals surface area contributed by atoms with E-state index in [-0.39, 0.29) is 16.5 Å². The molecule has 0 bridgehead atoms. The van der Waals surface area contributed by atoms with Crippen molar-refractivity contribution in [2.45, 2.75) is 70.1 Å². The smallest absolute Gasteiger partial charge is 0.223 e. The van der Waals surface area contributed by atoms with E-state index in [9.17, 15) is 4.79 Å². The van der Waals surface area contributed by atoms with Gasteiger partial charge in [0.1, 0.15) is 0 Å².